The summed E-state index contributed by atoms with van der Waals surface area (Å²) in [6, 6.07) is 0. The van der Waals surface area contributed by atoms with Crippen LogP contribution in [0.3, 0.4) is 0 Å². The molecule has 0 aromatic carbocycles. The molecule has 0 unspecified atom stereocenters. The fourth-order valence-electron chi connectivity index (χ4n) is 0.821. The Labute approximate surface area is 91.4 Å². The van der Waals surface area contributed by atoms with E-state index in [9.17, 15) is 15.2 Å². The average molecular weight is 228 g/mol. The summed E-state index contributed by atoms with van der Waals surface area (Å²) >= 11 is 0.299. The Morgan fingerprint density at radius 2 is 2.27 bits per heavy atom. The molecule has 0 aromatic heterocycles. The van der Waals surface area contributed by atoms with Crippen LogP contribution in [0.25, 0.3) is 0 Å². The third-order valence-electron chi connectivity index (χ3n) is 1.41. The lowest BCUT2D eigenvalue weighted by molar-refractivity contribution is -0.672. The highest BCUT2D eigenvalue weighted by Crippen LogP contribution is 2.21. The van der Waals surface area contributed by atoms with E-state index >= 15 is 0 Å². The van der Waals surface area contributed by atoms with Crippen molar-refractivity contribution in [1.29, 1.82) is 0 Å². The van der Waals surface area contributed by atoms with E-state index in [1.54, 1.807) is 0 Å². The van der Waals surface area contributed by atoms with Gasteiger partial charge in [0.2, 0.25) is 17.9 Å². The van der Waals surface area contributed by atoms with Crippen molar-refractivity contribution in [3.63, 3.8) is 0 Å². The summed E-state index contributed by atoms with van der Waals surface area (Å²) < 4.78 is 1.31. The summed E-state index contributed by atoms with van der Waals surface area (Å²) in [5.41, 5.74) is 0. The molecule has 0 radical (unpaired) electrons. The van der Waals surface area contributed by atoms with Crippen molar-refractivity contribution in [2.45, 2.75) is 0 Å². The van der Waals surface area contributed by atoms with Gasteiger partial charge >= 0.3 is 0 Å². The van der Waals surface area contributed by atoms with Gasteiger partial charge in [0.05, 0.1) is 6.21 Å². The number of nitrogens with one attached hydrogen (secondary N) is 1. The normalized spacial score (nSPS) is 21.6. The number of hydrogen-bond donors (Lipinski definition) is 1. The standard InChI is InChI=1S/C5H7N.C3H3N2O3S/c1-2-4-6-5-3-1;6-3-1-4-9-5(7,8)2-3/h1-4,6H,5H2;1H,2H2/q;-1. The summed E-state index contributed by atoms with van der Waals surface area (Å²) in [6.07, 6.45) is 8.98. The number of hydroxylamine groups is 2. The highest BCUT2D eigenvalue weighted by atomic mass is 32.2. The predicted molar refractivity (Wildman–Crippen MR) is 59.2 cm³/mol. The SMILES string of the molecule is C1=CCNC=C1.O=C1C=NS[N+]([O-])([O-])C1. The second-order valence-corrected chi connectivity index (χ2v) is 3.68. The van der Waals surface area contributed by atoms with Crippen LogP contribution in [0.2, 0.25) is 0 Å². The van der Waals surface area contributed by atoms with Gasteiger partial charge in [0.25, 0.3) is 0 Å². The molecule has 0 saturated carbocycles. The van der Waals surface area contributed by atoms with Crippen LogP contribution in [0.5, 0.6) is 0 Å². The summed E-state index contributed by atoms with van der Waals surface area (Å²) in [6.45, 7) is 0.421. The van der Waals surface area contributed by atoms with E-state index in [-0.39, 0.29) is 0 Å². The number of Topliss-reactive ketones (excluding diaryl/α,β-unsaturated/α-hetero) is 1. The Hall–Kier alpha value is -1.15. The third-order valence-corrected chi connectivity index (χ3v) is 1.99. The molecule has 0 saturated heterocycles. The van der Waals surface area contributed by atoms with Crippen molar-refractivity contribution in [1.82, 2.24) is 5.32 Å². The molecular weight excluding hydrogens is 218 g/mol. The maximum Gasteiger partial charge on any atom is 0.230 e. The van der Waals surface area contributed by atoms with E-state index in [2.05, 4.69) is 15.8 Å². The molecule has 7 heteroatoms. The van der Waals surface area contributed by atoms with Crippen LogP contribution < -0.4 is 5.32 Å². The summed E-state index contributed by atoms with van der Waals surface area (Å²) in [5.74, 6) is -0.515. The van der Waals surface area contributed by atoms with Gasteiger partial charge in [0.15, 0.2) is 6.54 Å². The number of carbonyl (C=O) groups is 1. The van der Waals surface area contributed by atoms with Crippen LogP contribution in [0.4, 0.5) is 0 Å². The molecule has 0 spiro atoms. The second-order valence-electron chi connectivity index (χ2n) is 2.75. The van der Waals surface area contributed by atoms with E-state index in [0.717, 1.165) is 12.8 Å². The molecule has 0 aromatic rings. The van der Waals surface area contributed by atoms with Crippen LogP contribution in [0.15, 0.2) is 28.8 Å². The lowest BCUT2D eigenvalue weighted by atomic mass is 10.4. The molecule has 0 amide bonds. The first-order valence-electron chi connectivity index (χ1n) is 4.20. The van der Waals surface area contributed by atoms with Crippen molar-refractivity contribution in [3.8, 4) is 0 Å². The van der Waals surface area contributed by atoms with Crippen LogP contribution in [0.1, 0.15) is 0 Å². The van der Waals surface area contributed by atoms with Gasteiger partial charge in [-0.05, 0) is 12.3 Å². The number of rotatable bonds is 0. The van der Waals surface area contributed by atoms with Gasteiger partial charge in [-0.25, -0.2) is 0 Å². The molecule has 1 N–H and O–H groups in total. The number of nitrogens with zero attached hydrogens (tertiary/aromatic N) is 2. The molecule has 2 aliphatic rings. The summed E-state index contributed by atoms with van der Waals surface area (Å²) in [7, 11) is 0. The van der Waals surface area contributed by atoms with E-state index in [1.165, 1.54) is 0 Å². The van der Waals surface area contributed by atoms with Crippen molar-refractivity contribution in [3.05, 3.63) is 34.8 Å². The largest absolute Gasteiger partial charge is 0.617 e. The number of ketones is 1. The molecule has 2 heterocycles. The Morgan fingerprint density at radius 3 is 2.53 bits per heavy atom. The first-order valence-corrected chi connectivity index (χ1v) is 4.93. The first kappa shape index (κ1) is 11.9. The number of carbonyl (C=O) groups excluding carboxylic acids is 1. The minimum absolute atomic E-state index is 0.299. The van der Waals surface area contributed by atoms with E-state index in [1.807, 2.05) is 18.4 Å². The van der Waals surface area contributed by atoms with Crippen molar-refractivity contribution < 1.29 is 9.01 Å². The monoisotopic (exact) mass is 228 g/mol. The van der Waals surface area contributed by atoms with Crippen molar-refractivity contribution in [2.24, 2.45) is 4.40 Å². The average Bonchev–Trinajstić information content (AvgIpc) is 2.19. The zero-order chi connectivity index (χ0) is 11.1. The van der Waals surface area contributed by atoms with Gasteiger partial charge in [-0.2, -0.15) is 4.40 Å². The van der Waals surface area contributed by atoms with Gasteiger partial charge in [0.1, 0.15) is 0 Å². The number of quaternary nitrogens is 1. The topological polar surface area (TPSA) is 87.6 Å². The third kappa shape index (κ3) is 5.33. The summed E-state index contributed by atoms with van der Waals surface area (Å²) in [4.78, 5) is 10.3. The molecule has 82 valence electrons. The fourth-order valence-corrected chi connectivity index (χ4v) is 1.31. The maximum absolute atomic E-state index is 10.3. The number of allylic oxidation sites excluding steroid dienone is 2. The molecule has 0 atom stereocenters. The molecule has 0 bridgehead atoms. The van der Waals surface area contributed by atoms with Crippen LogP contribution in [0, 0.1) is 10.4 Å². The lowest BCUT2D eigenvalue weighted by Gasteiger charge is -2.41. The number of dihydropyridines is 1. The van der Waals surface area contributed by atoms with Gasteiger partial charge in [0, 0.05) is 6.54 Å². The predicted octanol–water partition coefficient (Wildman–Crippen LogP) is 0.675. The van der Waals surface area contributed by atoms with Gasteiger partial charge in [-0.3, -0.25) is 4.79 Å². The van der Waals surface area contributed by atoms with Crippen LogP contribution in [-0.4, -0.2) is 29.3 Å². The first-order chi connectivity index (χ1) is 7.10. The van der Waals surface area contributed by atoms with E-state index < -0.39 is 16.5 Å². The quantitative estimate of drug-likeness (QED) is 0.374. The molecular formula is C8H10N3O3S-. The van der Waals surface area contributed by atoms with Gasteiger partial charge in [-0.15, -0.1) is 0 Å². The lowest BCUT2D eigenvalue weighted by Crippen LogP contribution is -2.35. The Kier molecular flexibility index (Phi) is 4.50. The molecule has 0 aliphatic carbocycles. The van der Waals surface area contributed by atoms with Crippen LogP contribution in [-0.2, 0) is 4.79 Å². The van der Waals surface area contributed by atoms with Crippen molar-refractivity contribution in [2.75, 3.05) is 13.1 Å². The van der Waals surface area contributed by atoms with E-state index in [0.29, 0.717) is 12.1 Å². The number of hydrogen-bond acceptors (Lipinski definition) is 6. The van der Waals surface area contributed by atoms with Crippen LogP contribution >= 0.6 is 12.1 Å². The summed E-state index contributed by atoms with van der Waals surface area (Å²) in [5, 5.41) is 23.7. The molecule has 2 aliphatic heterocycles. The molecule has 0 fully saturated rings. The maximum atomic E-state index is 10.3. The minimum Gasteiger partial charge on any atom is -0.617 e. The molecule has 15 heavy (non-hydrogen) atoms. The Morgan fingerprint density at radius 1 is 1.47 bits per heavy atom. The van der Waals surface area contributed by atoms with Gasteiger partial charge in [-0.1, -0.05) is 12.2 Å². The Balaban J connectivity index is 0.000000162. The zero-order valence-electron chi connectivity index (χ0n) is 7.83. The smallest absolute Gasteiger partial charge is 0.230 e. The molecule has 6 nitrogen and oxygen atoms in total. The Bertz CT molecular complexity index is 300. The van der Waals surface area contributed by atoms with Gasteiger partial charge < -0.3 is 19.9 Å². The molecule has 2 rings (SSSR count). The highest BCUT2D eigenvalue weighted by molar-refractivity contribution is 7.92. The highest BCUT2D eigenvalue weighted by Gasteiger charge is 2.16. The zero-order valence-corrected chi connectivity index (χ0v) is 8.64. The van der Waals surface area contributed by atoms with E-state index in [4.69, 9.17) is 0 Å². The fraction of sp³-hybridized carbons (Fsp3) is 0.250. The minimum atomic E-state index is -1.89. The van der Waals surface area contributed by atoms with Crippen molar-refractivity contribution >= 4 is 24.1 Å². The second kappa shape index (κ2) is 5.66.